The Labute approximate surface area is 111 Å². The third-order valence-electron chi connectivity index (χ3n) is 1.62. The Balaban J connectivity index is 2.76. The van der Waals surface area contributed by atoms with E-state index in [4.69, 9.17) is 34.8 Å². The fourth-order valence-electron chi connectivity index (χ4n) is 0.950. The molecule has 92 valence electrons. The Morgan fingerprint density at radius 2 is 1.76 bits per heavy atom. The van der Waals surface area contributed by atoms with Gasteiger partial charge in [-0.25, -0.2) is 9.18 Å². The summed E-state index contributed by atoms with van der Waals surface area (Å²) in [6, 6.07) is 1.51. The van der Waals surface area contributed by atoms with Crippen LogP contribution in [0.15, 0.2) is 12.1 Å². The van der Waals surface area contributed by atoms with Crippen LogP contribution in [0.1, 0.15) is 0 Å². The van der Waals surface area contributed by atoms with Gasteiger partial charge in [-0.15, -0.1) is 11.6 Å². The number of hydrogen-bond donors (Lipinski definition) is 2. The molecule has 0 fully saturated rings. The third kappa shape index (κ3) is 4.03. The predicted octanol–water partition coefficient (Wildman–Crippen LogP) is 3.02. The number of rotatable bonds is 2. The van der Waals surface area contributed by atoms with Crippen LogP contribution in [-0.2, 0) is 4.79 Å². The smallest absolute Gasteiger partial charge is 0.308 e. The summed E-state index contributed by atoms with van der Waals surface area (Å²) in [5.41, 5.74) is 0.154. The van der Waals surface area contributed by atoms with Crippen LogP contribution in [0, 0.1) is 5.82 Å². The van der Waals surface area contributed by atoms with Crippen molar-refractivity contribution >= 4 is 52.4 Å². The number of nitrogens with one attached hydrogen (secondary N) is 2. The quantitative estimate of drug-likeness (QED) is 0.651. The van der Waals surface area contributed by atoms with Crippen LogP contribution >= 0.6 is 34.8 Å². The summed E-state index contributed by atoms with van der Waals surface area (Å²) < 4.78 is 13.0. The largest absolute Gasteiger partial charge is 0.325 e. The average Bonchev–Trinajstić information content (AvgIpc) is 2.25. The fourth-order valence-corrected chi connectivity index (χ4v) is 1.50. The minimum Gasteiger partial charge on any atom is -0.308 e. The summed E-state index contributed by atoms with van der Waals surface area (Å²) in [4.78, 5) is 22.0. The van der Waals surface area contributed by atoms with Crippen molar-refractivity contribution in [3.8, 4) is 0 Å². The molecule has 0 unspecified atom stereocenters. The van der Waals surface area contributed by atoms with Crippen LogP contribution in [0.4, 0.5) is 14.9 Å². The first-order chi connectivity index (χ1) is 7.93. The SMILES string of the molecule is O=C(CCl)NC(=O)Nc1cc(Cl)c(F)c(Cl)c1. The standard InChI is InChI=1S/C9H6Cl3FN2O2/c10-3-7(16)15-9(17)14-4-1-5(11)8(13)6(12)2-4/h1-2H,3H2,(H2,14,15,16,17). The summed E-state index contributed by atoms with van der Waals surface area (Å²) in [7, 11) is 0. The molecule has 0 saturated heterocycles. The summed E-state index contributed by atoms with van der Waals surface area (Å²) in [6.45, 7) is 0. The van der Waals surface area contributed by atoms with Gasteiger partial charge in [0.25, 0.3) is 0 Å². The van der Waals surface area contributed by atoms with Crippen molar-refractivity contribution in [2.75, 3.05) is 11.2 Å². The second-order valence-electron chi connectivity index (χ2n) is 2.89. The average molecular weight is 300 g/mol. The molecule has 0 spiro atoms. The topological polar surface area (TPSA) is 58.2 Å². The van der Waals surface area contributed by atoms with E-state index in [1.165, 1.54) is 0 Å². The summed E-state index contributed by atoms with van der Waals surface area (Å²) in [5.74, 6) is -1.79. The number of anilines is 1. The molecule has 8 heteroatoms. The minimum atomic E-state index is -0.811. The molecule has 3 amide bonds. The predicted molar refractivity (Wildman–Crippen MR) is 64.3 cm³/mol. The maximum Gasteiger partial charge on any atom is 0.325 e. The number of urea groups is 1. The molecule has 4 nitrogen and oxygen atoms in total. The third-order valence-corrected chi connectivity index (χ3v) is 2.41. The molecular weight excluding hydrogens is 293 g/mol. The first kappa shape index (κ1) is 14.0. The van der Waals surface area contributed by atoms with Crippen molar-refractivity contribution in [1.29, 1.82) is 0 Å². The zero-order valence-corrected chi connectivity index (χ0v) is 10.5. The molecule has 0 saturated carbocycles. The molecule has 0 heterocycles. The van der Waals surface area contributed by atoms with E-state index in [2.05, 4.69) is 5.32 Å². The van der Waals surface area contributed by atoms with E-state index in [1.54, 1.807) is 0 Å². The Morgan fingerprint density at radius 1 is 1.24 bits per heavy atom. The lowest BCUT2D eigenvalue weighted by atomic mass is 10.3. The molecule has 2 N–H and O–H groups in total. The van der Waals surface area contributed by atoms with Crippen molar-refractivity contribution in [2.24, 2.45) is 0 Å². The zero-order chi connectivity index (χ0) is 13.0. The van der Waals surface area contributed by atoms with Gasteiger partial charge in [0.2, 0.25) is 5.91 Å². The Kier molecular flexibility index (Phi) is 4.99. The molecule has 0 aromatic heterocycles. The van der Waals surface area contributed by atoms with Crippen LogP contribution in [0.3, 0.4) is 0 Å². The van der Waals surface area contributed by atoms with Crippen LogP contribution < -0.4 is 10.6 Å². The zero-order valence-electron chi connectivity index (χ0n) is 8.19. The maximum atomic E-state index is 13.0. The first-order valence-electron chi connectivity index (χ1n) is 4.25. The van der Waals surface area contributed by atoms with Crippen LogP contribution in [0.2, 0.25) is 10.0 Å². The number of amides is 3. The van der Waals surface area contributed by atoms with Gasteiger partial charge in [-0.3, -0.25) is 10.1 Å². The minimum absolute atomic E-state index is 0.154. The first-order valence-corrected chi connectivity index (χ1v) is 5.54. The lowest BCUT2D eigenvalue weighted by Gasteiger charge is -2.07. The van der Waals surface area contributed by atoms with Crippen LogP contribution in [0.5, 0.6) is 0 Å². The highest BCUT2D eigenvalue weighted by Crippen LogP contribution is 2.27. The maximum absolute atomic E-state index is 13.0. The fraction of sp³-hybridized carbons (Fsp3) is 0.111. The van der Waals surface area contributed by atoms with Gasteiger partial charge >= 0.3 is 6.03 Å². The highest BCUT2D eigenvalue weighted by molar-refractivity contribution is 6.35. The van der Waals surface area contributed by atoms with E-state index >= 15 is 0 Å². The monoisotopic (exact) mass is 298 g/mol. The Hall–Kier alpha value is -1.04. The van der Waals surface area contributed by atoms with Gasteiger partial charge in [-0.05, 0) is 12.1 Å². The number of benzene rings is 1. The van der Waals surface area contributed by atoms with Crippen molar-refractivity contribution in [3.63, 3.8) is 0 Å². The summed E-state index contributed by atoms with van der Waals surface area (Å²) >= 11 is 16.2. The van der Waals surface area contributed by atoms with E-state index in [-0.39, 0.29) is 21.6 Å². The number of alkyl halides is 1. The second kappa shape index (κ2) is 6.05. The van der Waals surface area contributed by atoms with E-state index in [0.29, 0.717) is 0 Å². The van der Waals surface area contributed by atoms with Gasteiger partial charge in [0, 0.05) is 5.69 Å². The van der Waals surface area contributed by atoms with E-state index in [9.17, 15) is 14.0 Å². The highest BCUT2D eigenvalue weighted by Gasteiger charge is 2.11. The molecule has 0 aliphatic carbocycles. The lowest BCUT2D eigenvalue weighted by molar-refractivity contribution is -0.117. The number of halogens is 4. The van der Waals surface area contributed by atoms with Crippen molar-refractivity contribution in [3.05, 3.63) is 28.0 Å². The molecular formula is C9H6Cl3FN2O2. The van der Waals surface area contributed by atoms with Crippen LogP contribution in [-0.4, -0.2) is 17.8 Å². The molecule has 0 radical (unpaired) electrons. The summed E-state index contributed by atoms with van der Waals surface area (Å²) in [5, 5.41) is 3.70. The van der Waals surface area contributed by atoms with Gasteiger partial charge in [0.1, 0.15) is 5.88 Å². The summed E-state index contributed by atoms with van der Waals surface area (Å²) in [6.07, 6.45) is 0. The normalized spacial score (nSPS) is 9.88. The van der Waals surface area contributed by atoms with E-state index in [0.717, 1.165) is 12.1 Å². The Morgan fingerprint density at radius 3 is 2.24 bits per heavy atom. The van der Waals surface area contributed by atoms with Crippen LogP contribution in [0.25, 0.3) is 0 Å². The van der Waals surface area contributed by atoms with Gasteiger partial charge < -0.3 is 5.32 Å². The number of imide groups is 1. The number of hydrogen-bond acceptors (Lipinski definition) is 2. The second-order valence-corrected chi connectivity index (χ2v) is 3.97. The Bertz CT molecular complexity index is 445. The van der Waals surface area contributed by atoms with E-state index < -0.39 is 17.8 Å². The molecule has 1 aromatic rings. The molecule has 0 atom stereocenters. The van der Waals surface area contributed by atoms with Gasteiger partial charge in [-0.1, -0.05) is 23.2 Å². The van der Waals surface area contributed by atoms with Crippen molar-refractivity contribution in [1.82, 2.24) is 5.32 Å². The molecule has 0 aliphatic rings. The molecule has 1 rings (SSSR count). The lowest BCUT2D eigenvalue weighted by Crippen LogP contribution is -2.35. The van der Waals surface area contributed by atoms with E-state index in [1.807, 2.05) is 5.32 Å². The molecule has 0 bridgehead atoms. The molecule has 17 heavy (non-hydrogen) atoms. The number of carbonyl (C=O) groups excluding carboxylic acids is 2. The molecule has 1 aromatic carbocycles. The number of carbonyl (C=O) groups is 2. The van der Waals surface area contributed by atoms with Crippen molar-refractivity contribution < 1.29 is 14.0 Å². The highest BCUT2D eigenvalue weighted by atomic mass is 35.5. The molecule has 0 aliphatic heterocycles. The van der Waals surface area contributed by atoms with Crippen molar-refractivity contribution in [2.45, 2.75) is 0 Å². The van der Waals surface area contributed by atoms with Gasteiger partial charge in [-0.2, -0.15) is 0 Å². The van der Waals surface area contributed by atoms with Gasteiger partial charge in [0.15, 0.2) is 5.82 Å². The van der Waals surface area contributed by atoms with Gasteiger partial charge in [0.05, 0.1) is 10.0 Å².